The molecule has 0 aromatic rings. The Hall–Kier alpha value is -2.10. The van der Waals surface area contributed by atoms with Gasteiger partial charge in [-0.05, 0) is 46.5 Å². The van der Waals surface area contributed by atoms with Gasteiger partial charge in [-0.15, -0.1) is 0 Å². The number of ether oxygens (including phenoxy) is 1. The molecule has 1 aliphatic carbocycles. The number of carbonyl (C=O) groups is 3. The molecule has 0 aromatic carbocycles. The van der Waals surface area contributed by atoms with Crippen molar-refractivity contribution < 1.29 is 19.1 Å². The van der Waals surface area contributed by atoms with Gasteiger partial charge in [-0.1, -0.05) is 19.3 Å². The standard InChI is InChI=1S/C20H31N3O4/c1-20(2,3)27-19(26)23-11-7-8-14(13-23)17(24)16(12-21)18(25)22-15-9-5-4-6-10-15/h14-16H,4-11,13H2,1-3H3,(H,22,25). The van der Waals surface area contributed by atoms with Gasteiger partial charge in [-0.2, -0.15) is 5.26 Å². The average Bonchev–Trinajstić information content (AvgIpc) is 2.61. The molecule has 2 amide bonds. The molecule has 2 rings (SSSR count). The first-order valence-corrected chi connectivity index (χ1v) is 9.93. The van der Waals surface area contributed by atoms with E-state index >= 15 is 0 Å². The summed E-state index contributed by atoms with van der Waals surface area (Å²) in [6.07, 6.45) is 5.84. The molecule has 27 heavy (non-hydrogen) atoms. The lowest BCUT2D eigenvalue weighted by Crippen LogP contribution is -2.48. The number of nitrogens with one attached hydrogen (secondary N) is 1. The third-order valence-corrected chi connectivity index (χ3v) is 5.10. The average molecular weight is 377 g/mol. The summed E-state index contributed by atoms with van der Waals surface area (Å²) in [5.41, 5.74) is -0.608. The summed E-state index contributed by atoms with van der Waals surface area (Å²) in [5.74, 6) is -2.70. The number of ketones is 1. The van der Waals surface area contributed by atoms with E-state index in [1.165, 1.54) is 4.90 Å². The van der Waals surface area contributed by atoms with Crippen LogP contribution in [-0.2, 0) is 14.3 Å². The second kappa shape index (κ2) is 9.20. The molecule has 0 radical (unpaired) electrons. The first kappa shape index (κ1) is 21.2. The molecule has 1 saturated carbocycles. The number of rotatable bonds is 4. The van der Waals surface area contributed by atoms with Crippen molar-refractivity contribution >= 4 is 17.8 Å². The van der Waals surface area contributed by atoms with Crippen molar-refractivity contribution in [2.75, 3.05) is 13.1 Å². The molecule has 1 aliphatic heterocycles. The van der Waals surface area contributed by atoms with Gasteiger partial charge in [0.1, 0.15) is 5.60 Å². The van der Waals surface area contributed by atoms with Crippen molar-refractivity contribution in [1.82, 2.24) is 10.2 Å². The SMILES string of the molecule is CC(C)(C)OC(=O)N1CCCC(C(=O)C(C#N)C(=O)NC2CCCCC2)C1. The maximum Gasteiger partial charge on any atom is 0.410 e. The van der Waals surface area contributed by atoms with Crippen molar-refractivity contribution in [3.63, 3.8) is 0 Å². The van der Waals surface area contributed by atoms with Crippen LogP contribution in [0.4, 0.5) is 4.79 Å². The minimum atomic E-state index is -1.31. The Labute approximate surface area is 161 Å². The Morgan fingerprint density at radius 1 is 1.11 bits per heavy atom. The van der Waals surface area contributed by atoms with Crippen LogP contribution in [0.15, 0.2) is 0 Å². The lowest BCUT2D eigenvalue weighted by Gasteiger charge is -2.34. The van der Waals surface area contributed by atoms with Crippen molar-refractivity contribution in [2.24, 2.45) is 11.8 Å². The number of likely N-dealkylation sites (tertiary alicyclic amines) is 1. The van der Waals surface area contributed by atoms with Crippen molar-refractivity contribution in [3.05, 3.63) is 0 Å². The Morgan fingerprint density at radius 2 is 1.78 bits per heavy atom. The number of amides is 2. The highest BCUT2D eigenvalue weighted by molar-refractivity contribution is 6.05. The Morgan fingerprint density at radius 3 is 2.37 bits per heavy atom. The highest BCUT2D eigenvalue weighted by Gasteiger charge is 2.37. The van der Waals surface area contributed by atoms with Gasteiger partial charge < -0.3 is 15.0 Å². The zero-order valence-corrected chi connectivity index (χ0v) is 16.6. The van der Waals surface area contributed by atoms with Crippen LogP contribution >= 0.6 is 0 Å². The van der Waals surface area contributed by atoms with Gasteiger partial charge in [-0.25, -0.2) is 4.79 Å². The van der Waals surface area contributed by atoms with E-state index in [4.69, 9.17) is 4.74 Å². The molecular formula is C20H31N3O4. The molecule has 2 aliphatic rings. The van der Waals surface area contributed by atoms with Crippen molar-refractivity contribution in [3.8, 4) is 6.07 Å². The number of Topliss-reactive ketones (excluding diaryl/α,β-unsaturated/α-hetero) is 1. The third kappa shape index (κ3) is 6.23. The number of hydrogen-bond donors (Lipinski definition) is 1. The molecule has 2 fully saturated rings. The first-order valence-electron chi connectivity index (χ1n) is 9.93. The van der Waals surface area contributed by atoms with E-state index in [2.05, 4.69) is 5.32 Å². The fraction of sp³-hybridized carbons (Fsp3) is 0.800. The summed E-state index contributed by atoms with van der Waals surface area (Å²) >= 11 is 0. The van der Waals surface area contributed by atoms with Crippen LogP contribution in [0.2, 0.25) is 0 Å². The predicted molar refractivity (Wildman–Crippen MR) is 99.7 cm³/mol. The third-order valence-electron chi connectivity index (χ3n) is 5.10. The summed E-state index contributed by atoms with van der Waals surface area (Å²) in [4.78, 5) is 39.0. The topological polar surface area (TPSA) is 99.5 Å². The number of carbonyl (C=O) groups excluding carboxylic acids is 3. The van der Waals surface area contributed by atoms with Gasteiger partial charge in [0.25, 0.3) is 0 Å². The van der Waals surface area contributed by atoms with Gasteiger partial charge in [0.2, 0.25) is 5.91 Å². The van der Waals surface area contributed by atoms with E-state index in [1.54, 1.807) is 20.8 Å². The molecule has 1 saturated heterocycles. The molecule has 150 valence electrons. The highest BCUT2D eigenvalue weighted by Crippen LogP contribution is 2.23. The molecule has 0 spiro atoms. The molecule has 2 atom stereocenters. The minimum absolute atomic E-state index is 0.0551. The number of hydrogen-bond acceptors (Lipinski definition) is 5. The Balaban J connectivity index is 1.96. The van der Waals surface area contributed by atoms with E-state index in [0.717, 1.165) is 32.1 Å². The first-order chi connectivity index (χ1) is 12.7. The molecule has 0 aromatic heterocycles. The molecule has 1 N–H and O–H groups in total. The minimum Gasteiger partial charge on any atom is -0.444 e. The van der Waals surface area contributed by atoms with Gasteiger partial charge in [-0.3, -0.25) is 9.59 Å². The highest BCUT2D eigenvalue weighted by atomic mass is 16.6. The number of piperidine rings is 1. The molecule has 7 heteroatoms. The Kier molecular flexibility index (Phi) is 7.23. The lowest BCUT2D eigenvalue weighted by molar-refractivity contribution is -0.135. The van der Waals surface area contributed by atoms with Gasteiger partial charge in [0.15, 0.2) is 11.7 Å². The van der Waals surface area contributed by atoms with E-state index in [9.17, 15) is 19.6 Å². The fourth-order valence-electron chi connectivity index (χ4n) is 3.72. The Bertz CT molecular complexity index is 599. The van der Waals surface area contributed by atoms with Crippen LogP contribution in [0.25, 0.3) is 0 Å². The van der Waals surface area contributed by atoms with E-state index in [0.29, 0.717) is 19.4 Å². The van der Waals surface area contributed by atoms with Crippen LogP contribution in [0, 0.1) is 23.2 Å². The van der Waals surface area contributed by atoms with Crippen molar-refractivity contribution in [1.29, 1.82) is 5.26 Å². The lowest BCUT2D eigenvalue weighted by atomic mass is 9.86. The number of nitrogens with zero attached hydrogens (tertiary/aromatic N) is 2. The van der Waals surface area contributed by atoms with E-state index in [1.807, 2.05) is 6.07 Å². The van der Waals surface area contributed by atoms with Gasteiger partial charge in [0, 0.05) is 25.0 Å². The quantitative estimate of drug-likeness (QED) is 0.760. The molecule has 2 unspecified atom stereocenters. The van der Waals surface area contributed by atoms with Gasteiger partial charge >= 0.3 is 6.09 Å². The van der Waals surface area contributed by atoms with Gasteiger partial charge in [0.05, 0.1) is 6.07 Å². The summed E-state index contributed by atoms with van der Waals surface area (Å²) in [5, 5.41) is 12.3. The number of nitriles is 1. The maximum atomic E-state index is 12.8. The zero-order chi connectivity index (χ0) is 20.0. The van der Waals surface area contributed by atoms with Crippen LogP contribution < -0.4 is 5.32 Å². The monoisotopic (exact) mass is 377 g/mol. The van der Waals surface area contributed by atoms with Crippen LogP contribution in [0.5, 0.6) is 0 Å². The molecular weight excluding hydrogens is 346 g/mol. The molecule has 7 nitrogen and oxygen atoms in total. The van der Waals surface area contributed by atoms with Crippen LogP contribution in [0.3, 0.4) is 0 Å². The molecule has 1 heterocycles. The van der Waals surface area contributed by atoms with E-state index in [-0.39, 0.29) is 18.4 Å². The smallest absolute Gasteiger partial charge is 0.410 e. The summed E-state index contributed by atoms with van der Waals surface area (Å²) < 4.78 is 5.37. The van der Waals surface area contributed by atoms with Crippen molar-refractivity contribution in [2.45, 2.75) is 77.4 Å². The summed E-state index contributed by atoms with van der Waals surface area (Å²) in [6.45, 7) is 6.09. The second-order valence-corrected chi connectivity index (χ2v) is 8.57. The summed E-state index contributed by atoms with van der Waals surface area (Å²) in [6, 6.07) is 1.93. The predicted octanol–water partition coefficient (Wildman–Crippen LogP) is 2.79. The normalized spacial score (nSPS) is 22.4. The molecule has 0 bridgehead atoms. The van der Waals surface area contributed by atoms with E-state index < -0.39 is 29.4 Å². The van der Waals surface area contributed by atoms with Crippen LogP contribution in [0.1, 0.15) is 65.7 Å². The maximum absolute atomic E-state index is 12.8. The second-order valence-electron chi connectivity index (χ2n) is 8.57. The largest absolute Gasteiger partial charge is 0.444 e. The fourth-order valence-corrected chi connectivity index (χ4v) is 3.72. The summed E-state index contributed by atoms with van der Waals surface area (Å²) in [7, 11) is 0. The van der Waals surface area contributed by atoms with Crippen LogP contribution in [-0.4, -0.2) is 47.4 Å². The zero-order valence-electron chi connectivity index (χ0n) is 16.6.